The van der Waals surface area contributed by atoms with Gasteiger partial charge in [-0.2, -0.15) is 0 Å². The van der Waals surface area contributed by atoms with Crippen LogP contribution in [-0.2, 0) is 0 Å². The zero-order valence-corrected chi connectivity index (χ0v) is 8.81. The lowest BCUT2D eigenvalue weighted by Gasteiger charge is -2.01. The Balaban J connectivity index is 3.28. The smallest absolute Gasteiger partial charge is 0.0559 e. The van der Waals surface area contributed by atoms with Gasteiger partial charge in [-0.3, -0.25) is 0 Å². The molecule has 2 nitrogen and oxygen atoms in total. The molecule has 1 aromatic rings. The van der Waals surface area contributed by atoms with Crippen molar-refractivity contribution >= 4 is 49.9 Å². The number of anilines is 2. The fourth-order valence-corrected chi connectivity index (χ4v) is 1.43. The number of nitrogen functional groups attached to an aromatic ring is 2. The van der Waals surface area contributed by atoms with Crippen molar-refractivity contribution in [2.75, 3.05) is 11.5 Å². The summed E-state index contributed by atoms with van der Waals surface area (Å²) >= 11 is 5.52. The van der Waals surface area contributed by atoms with Crippen molar-refractivity contribution < 1.29 is 0 Å². The first kappa shape index (κ1) is 8.13. The molecule has 1 rings (SSSR count). The van der Waals surface area contributed by atoms with Crippen LogP contribution in [0.4, 0.5) is 11.4 Å². The van der Waals surface area contributed by atoms with Crippen LogP contribution in [0.5, 0.6) is 0 Å². The van der Waals surface area contributed by atoms with Crippen LogP contribution in [0, 0.1) is 3.57 Å². The van der Waals surface area contributed by atoms with Gasteiger partial charge in [-0.25, -0.2) is 0 Å². The summed E-state index contributed by atoms with van der Waals surface area (Å²) in [5.41, 5.74) is 12.3. The van der Waals surface area contributed by atoms with Crippen molar-refractivity contribution in [2.24, 2.45) is 0 Å². The third-order valence-electron chi connectivity index (χ3n) is 1.13. The molecule has 0 unspecified atom stereocenters. The molecule has 0 bridgehead atoms. The Morgan fingerprint density at radius 2 is 1.70 bits per heavy atom. The van der Waals surface area contributed by atoms with Gasteiger partial charge in [0.05, 0.1) is 11.4 Å². The van der Waals surface area contributed by atoms with Crippen LogP contribution in [-0.4, -0.2) is 0 Å². The Morgan fingerprint density at radius 3 is 2.20 bits per heavy atom. The molecule has 54 valence electrons. The van der Waals surface area contributed by atoms with Gasteiger partial charge in [0.2, 0.25) is 0 Å². The maximum Gasteiger partial charge on any atom is 0.0559 e. The van der Waals surface area contributed by atoms with E-state index in [0.29, 0.717) is 11.4 Å². The summed E-state index contributed by atoms with van der Waals surface area (Å²) in [6.45, 7) is 0. The van der Waals surface area contributed by atoms with Crippen LogP contribution in [0.25, 0.3) is 0 Å². The molecule has 1 aromatic carbocycles. The highest BCUT2D eigenvalue weighted by Gasteiger charge is 1.99. The van der Waals surface area contributed by atoms with Crippen molar-refractivity contribution in [1.29, 1.82) is 0 Å². The highest BCUT2D eigenvalue weighted by molar-refractivity contribution is 14.1. The Hall–Kier alpha value is 0.0300. The van der Waals surface area contributed by atoms with E-state index in [-0.39, 0.29) is 0 Å². The molecule has 0 spiro atoms. The van der Waals surface area contributed by atoms with E-state index in [2.05, 4.69) is 38.5 Å². The molecule has 0 saturated carbocycles. The second-order valence-electron chi connectivity index (χ2n) is 1.90. The third kappa shape index (κ3) is 1.54. The molecule has 0 heterocycles. The normalized spacial score (nSPS) is 9.80. The summed E-state index contributed by atoms with van der Waals surface area (Å²) in [6.07, 6.45) is 0. The highest BCUT2D eigenvalue weighted by Crippen LogP contribution is 2.26. The van der Waals surface area contributed by atoms with Gasteiger partial charge in [0.15, 0.2) is 0 Å². The molecule has 0 aromatic heterocycles. The molecule has 4 heteroatoms. The molecule has 0 amide bonds. The Bertz CT molecular complexity index is 212. The number of hydrogen-bond acceptors (Lipinski definition) is 2. The molecule has 0 aliphatic rings. The average Bonchev–Trinajstić information content (AvgIpc) is 1.84. The first-order chi connectivity index (χ1) is 4.61. The van der Waals surface area contributed by atoms with Gasteiger partial charge in [-0.1, -0.05) is 0 Å². The molecular formula is C6H6BrIN2. The van der Waals surface area contributed by atoms with Crippen molar-refractivity contribution in [1.82, 2.24) is 0 Å². The molecule has 0 aliphatic carbocycles. The highest BCUT2D eigenvalue weighted by atomic mass is 127. The van der Waals surface area contributed by atoms with E-state index in [9.17, 15) is 0 Å². The first-order valence-corrected chi connectivity index (χ1v) is 4.48. The minimum atomic E-state index is 0.618. The minimum Gasteiger partial charge on any atom is -0.397 e. The van der Waals surface area contributed by atoms with Gasteiger partial charge < -0.3 is 11.5 Å². The lowest BCUT2D eigenvalue weighted by atomic mass is 10.3. The third-order valence-corrected chi connectivity index (χ3v) is 3.42. The van der Waals surface area contributed by atoms with E-state index >= 15 is 0 Å². The first-order valence-electron chi connectivity index (χ1n) is 2.61. The molecule has 0 saturated heterocycles. The quantitative estimate of drug-likeness (QED) is 0.570. The minimum absolute atomic E-state index is 0.618. The summed E-state index contributed by atoms with van der Waals surface area (Å²) in [7, 11) is 0. The fraction of sp³-hybridized carbons (Fsp3) is 0. The van der Waals surface area contributed by atoms with Gasteiger partial charge in [-0.05, 0) is 50.7 Å². The van der Waals surface area contributed by atoms with Gasteiger partial charge in [0.1, 0.15) is 0 Å². The summed E-state index contributed by atoms with van der Waals surface area (Å²) < 4.78 is 2.06. The summed E-state index contributed by atoms with van der Waals surface area (Å²) in [6, 6.07) is 3.64. The number of benzene rings is 1. The van der Waals surface area contributed by atoms with Gasteiger partial charge in [-0.15, -0.1) is 0 Å². The predicted octanol–water partition coefficient (Wildman–Crippen LogP) is 2.22. The van der Waals surface area contributed by atoms with Gasteiger partial charge in [0.25, 0.3) is 0 Å². The summed E-state index contributed by atoms with van der Waals surface area (Å²) in [4.78, 5) is 0. The molecule has 0 aliphatic heterocycles. The molecule has 0 fully saturated rings. The van der Waals surface area contributed by atoms with E-state index in [1.807, 2.05) is 6.07 Å². The molecule has 10 heavy (non-hydrogen) atoms. The van der Waals surface area contributed by atoms with Crippen molar-refractivity contribution in [3.8, 4) is 0 Å². The lowest BCUT2D eigenvalue weighted by molar-refractivity contribution is 1.57. The van der Waals surface area contributed by atoms with Crippen LogP contribution in [0.3, 0.4) is 0 Å². The van der Waals surface area contributed by atoms with Gasteiger partial charge in [0, 0.05) is 8.04 Å². The zero-order valence-electron chi connectivity index (χ0n) is 5.07. The van der Waals surface area contributed by atoms with Crippen LogP contribution in [0.1, 0.15) is 0 Å². The zero-order chi connectivity index (χ0) is 7.72. The topological polar surface area (TPSA) is 52.0 Å². The number of halogens is 2. The van der Waals surface area contributed by atoms with Crippen LogP contribution >= 0.6 is 38.5 Å². The largest absolute Gasteiger partial charge is 0.397 e. The van der Waals surface area contributed by atoms with Crippen molar-refractivity contribution in [3.05, 3.63) is 20.2 Å². The Kier molecular flexibility index (Phi) is 2.40. The van der Waals surface area contributed by atoms with Crippen LogP contribution in [0.15, 0.2) is 16.6 Å². The van der Waals surface area contributed by atoms with Gasteiger partial charge >= 0.3 is 0 Å². The van der Waals surface area contributed by atoms with E-state index in [1.54, 1.807) is 6.07 Å². The van der Waals surface area contributed by atoms with E-state index in [0.717, 1.165) is 8.04 Å². The fourth-order valence-electron chi connectivity index (χ4n) is 0.578. The maximum absolute atomic E-state index is 5.54. The van der Waals surface area contributed by atoms with Crippen molar-refractivity contribution in [2.45, 2.75) is 0 Å². The predicted molar refractivity (Wildman–Crippen MR) is 55.7 cm³/mol. The Labute approximate surface area is 81.2 Å². The second-order valence-corrected chi connectivity index (χ2v) is 3.91. The molecule has 4 N–H and O–H groups in total. The second kappa shape index (κ2) is 2.96. The SMILES string of the molecule is Nc1cc(Br)c(I)cc1N. The molecule has 0 radical (unpaired) electrons. The molecule has 0 atom stereocenters. The van der Waals surface area contributed by atoms with E-state index in [4.69, 9.17) is 11.5 Å². The monoisotopic (exact) mass is 312 g/mol. The van der Waals surface area contributed by atoms with Crippen molar-refractivity contribution in [3.63, 3.8) is 0 Å². The lowest BCUT2D eigenvalue weighted by Crippen LogP contribution is -1.94. The Morgan fingerprint density at radius 1 is 1.20 bits per heavy atom. The standard InChI is InChI=1S/C6H6BrIN2/c7-3-1-5(9)6(10)2-4(3)8/h1-2H,9-10H2. The summed E-state index contributed by atoms with van der Waals surface area (Å²) in [5.74, 6) is 0. The van der Waals surface area contributed by atoms with E-state index in [1.165, 1.54) is 0 Å². The molecular weight excluding hydrogens is 307 g/mol. The van der Waals surface area contributed by atoms with Crippen LogP contribution in [0.2, 0.25) is 0 Å². The average molecular weight is 313 g/mol. The van der Waals surface area contributed by atoms with E-state index < -0.39 is 0 Å². The summed E-state index contributed by atoms with van der Waals surface area (Å²) in [5, 5.41) is 0. The number of nitrogens with two attached hydrogens (primary N) is 2. The number of rotatable bonds is 0. The van der Waals surface area contributed by atoms with Crippen LogP contribution < -0.4 is 11.5 Å². The maximum atomic E-state index is 5.54. The number of hydrogen-bond donors (Lipinski definition) is 2.